The molecule has 0 aromatic heterocycles. The van der Waals surface area contributed by atoms with Crippen LogP contribution in [0.3, 0.4) is 0 Å². The zero-order chi connectivity index (χ0) is 13.8. The maximum Gasteiger partial charge on any atom is 0.0540 e. The number of hydrogen-bond donors (Lipinski definition) is 2. The first-order valence-electron chi connectivity index (χ1n) is 7.89. The molecule has 0 fully saturated rings. The normalized spacial score (nSPS) is 16.5. The molecule has 0 rings (SSSR count). The summed E-state index contributed by atoms with van der Waals surface area (Å²) in [5, 5.41) is 18.7. The van der Waals surface area contributed by atoms with Crippen molar-refractivity contribution >= 4 is 0 Å². The van der Waals surface area contributed by atoms with Crippen LogP contribution >= 0.6 is 0 Å². The van der Waals surface area contributed by atoms with E-state index in [2.05, 4.69) is 20.8 Å². The van der Waals surface area contributed by atoms with Crippen LogP contribution in [0.4, 0.5) is 0 Å². The summed E-state index contributed by atoms with van der Waals surface area (Å²) >= 11 is 0. The lowest BCUT2D eigenvalue weighted by Gasteiger charge is -2.14. The molecule has 0 aliphatic carbocycles. The van der Waals surface area contributed by atoms with Crippen LogP contribution in [0, 0.1) is 11.8 Å². The van der Waals surface area contributed by atoms with E-state index in [9.17, 15) is 5.11 Å². The molecular weight excluding hydrogens is 224 g/mol. The fourth-order valence-electron chi connectivity index (χ4n) is 2.26. The third-order valence-corrected chi connectivity index (χ3v) is 3.84. The van der Waals surface area contributed by atoms with Crippen LogP contribution in [0.5, 0.6) is 0 Å². The molecule has 0 aromatic rings. The minimum Gasteiger partial charge on any atom is -0.396 e. The predicted molar refractivity (Wildman–Crippen MR) is 78.6 cm³/mol. The number of aliphatic hydroxyl groups excluding tert-OH is 2. The molecule has 2 nitrogen and oxygen atoms in total. The Morgan fingerprint density at radius 1 is 0.778 bits per heavy atom. The van der Waals surface area contributed by atoms with E-state index in [1.807, 2.05) is 0 Å². The van der Waals surface area contributed by atoms with Gasteiger partial charge in [0.25, 0.3) is 0 Å². The average molecular weight is 258 g/mol. The van der Waals surface area contributed by atoms with E-state index in [1.165, 1.54) is 25.7 Å². The van der Waals surface area contributed by atoms with Gasteiger partial charge in [0.15, 0.2) is 0 Å². The second-order valence-electron chi connectivity index (χ2n) is 6.05. The van der Waals surface area contributed by atoms with Crippen molar-refractivity contribution in [3.8, 4) is 0 Å². The van der Waals surface area contributed by atoms with Crippen molar-refractivity contribution < 1.29 is 10.2 Å². The van der Waals surface area contributed by atoms with Crippen molar-refractivity contribution in [1.29, 1.82) is 0 Å². The van der Waals surface area contributed by atoms with Gasteiger partial charge in [0.1, 0.15) is 0 Å². The molecule has 110 valence electrons. The second kappa shape index (κ2) is 12.0. The fraction of sp³-hybridized carbons (Fsp3) is 1.00. The highest BCUT2D eigenvalue weighted by Crippen LogP contribution is 2.19. The Balaban J connectivity index is 3.36. The third kappa shape index (κ3) is 11.0. The van der Waals surface area contributed by atoms with Gasteiger partial charge in [-0.3, -0.25) is 0 Å². The monoisotopic (exact) mass is 258 g/mol. The average Bonchev–Trinajstić information content (AvgIpc) is 2.38. The standard InChI is InChI=1S/C16H34O2/c1-4-5-9-16(18)10-7-6-8-14(2)11-12-15(3)13-17/h14-18H,4-13H2,1-3H3. The topological polar surface area (TPSA) is 40.5 Å². The van der Waals surface area contributed by atoms with E-state index in [0.29, 0.717) is 12.5 Å². The van der Waals surface area contributed by atoms with Crippen molar-refractivity contribution in [2.24, 2.45) is 11.8 Å². The lowest BCUT2D eigenvalue weighted by atomic mass is 9.93. The molecule has 0 heterocycles. The summed E-state index contributed by atoms with van der Waals surface area (Å²) in [5.74, 6) is 1.20. The highest BCUT2D eigenvalue weighted by Gasteiger charge is 2.07. The first-order chi connectivity index (χ1) is 8.60. The van der Waals surface area contributed by atoms with E-state index in [4.69, 9.17) is 5.11 Å². The molecule has 3 atom stereocenters. The highest BCUT2D eigenvalue weighted by molar-refractivity contribution is 4.60. The highest BCUT2D eigenvalue weighted by atomic mass is 16.3. The van der Waals surface area contributed by atoms with Crippen LogP contribution in [0.2, 0.25) is 0 Å². The smallest absolute Gasteiger partial charge is 0.0540 e. The SMILES string of the molecule is CCCCC(O)CCCCC(C)CCC(C)CO. The minimum absolute atomic E-state index is 0.0744. The van der Waals surface area contributed by atoms with Gasteiger partial charge in [-0.25, -0.2) is 0 Å². The van der Waals surface area contributed by atoms with E-state index in [1.54, 1.807) is 0 Å². The zero-order valence-electron chi connectivity index (χ0n) is 12.7. The third-order valence-electron chi connectivity index (χ3n) is 3.84. The van der Waals surface area contributed by atoms with E-state index in [0.717, 1.165) is 38.0 Å². The summed E-state index contributed by atoms with van der Waals surface area (Å²) in [6.07, 6.45) is 10.2. The Kier molecular flexibility index (Phi) is 11.9. The molecule has 0 radical (unpaired) electrons. The zero-order valence-corrected chi connectivity index (χ0v) is 12.7. The molecule has 0 saturated carbocycles. The van der Waals surface area contributed by atoms with E-state index < -0.39 is 0 Å². The van der Waals surface area contributed by atoms with E-state index >= 15 is 0 Å². The van der Waals surface area contributed by atoms with Crippen LogP contribution in [-0.4, -0.2) is 22.9 Å². The van der Waals surface area contributed by atoms with Gasteiger partial charge in [0, 0.05) is 6.61 Å². The quantitative estimate of drug-likeness (QED) is 0.516. The van der Waals surface area contributed by atoms with Gasteiger partial charge in [-0.2, -0.15) is 0 Å². The maximum absolute atomic E-state index is 9.73. The van der Waals surface area contributed by atoms with Crippen molar-refractivity contribution in [2.45, 2.75) is 84.7 Å². The number of rotatable bonds is 12. The maximum atomic E-state index is 9.73. The van der Waals surface area contributed by atoms with E-state index in [-0.39, 0.29) is 6.10 Å². The summed E-state index contributed by atoms with van der Waals surface area (Å²) in [5.41, 5.74) is 0. The summed E-state index contributed by atoms with van der Waals surface area (Å²) in [6, 6.07) is 0. The van der Waals surface area contributed by atoms with Crippen molar-refractivity contribution in [3.05, 3.63) is 0 Å². The van der Waals surface area contributed by atoms with Crippen molar-refractivity contribution in [1.82, 2.24) is 0 Å². The molecule has 0 amide bonds. The van der Waals surface area contributed by atoms with Gasteiger partial charge >= 0.3 is 0 Å². The molecule has 2 heteroatoms. The van der Waals surface area contributed by atoms with Crippen LogP contribution < -0.4 is 0 Å². The van der Waals surface area contributed by atoms with Gasteiger partial charge in [-0.05, 0) is 31.1 Å². The van der Waals surface area contributed by atoms with Crippen molar-refractivity contribution in [3.63, 3.8) is 0 Å². The fourth-order valence-corrected chi connectivity index (χ4v) is 2.26. The summed E-state index contributed by atoms with van der Waals surface area (Å²) in [4.78, 5) is 0. The lowest BCUT2D eigenvalue weighted by Crippen LogP contribution is -2.07. The van der Waals surface area contributed by atoms with Gasteiger partial charge in [-0.1, -0.05) is 59.3 Å². The van der Waals surface area contributed by atoms with Crippen LogP contribution in [-0.2, 0) is 0 Å². The van der Waals surface area contributed by atoms with Gasteiger partial charge in [0.05, 0.1) is 6.10 Å². The summed E-state index contributed by atoms with van der Waals surface area (Å²) < 4.78 is 0. The van der Waals surface area contributed by atoms with Crippen LogP contribution in [0.25, 0.3) is 0 Å². The molecule has 18 heavy (non-hydrogen) atoms. The largest absolute Gasteiger partial charge is 0.396 e. The number of aliphatic hydroxyl groups is 2. The predicted octanol–water partition coefficient (Wildman–Crippen LogP) is 4.14. The molecule has 0 saturated heterocycles. The first-order valence-corrected chi connectivity index (χ1v) is 7.89. The Labute approximate surface area is 114 Å². The Hall–Kier alpha value is -0.0800. The number of hydrogen-bond acceptors (Lipinski definition) is 2. The Bertz CT molecular complexity index is 170. The van der Waals surface area contributed by atoms with Gasteiger partial charge < -0.3 is 10.2 Å². The Morgan fingerprint density at radius 2 is 1.33 bits per heavy atom. The lowest BCUT2D eigenvalue weighted by molar-refractivity contribution is 0.147. The van der Waals surface area contributed by atoms with Crippen LogP contribution in [0.15, 0.2) is 0 Å². The van der Waals surface area contributed by atoms with Crippen LogP contribution in [0.1, 0.15) is 78.6 Å². The Morgan fingerprint density at radius 3 is 1.94 bits per heavy atom. The number of unbranched alkanes of at least 4 members (excludes halogenated alkanes) is 2. The van der Waals surface area contributed by atoms with Crippen molar-refractivity contribution in [2.75, 3.05) is 6.61 Å². The molecule has 0 aliphatic rings. The molecule has 0 aromatic carbocycles. The molecule has 0 spiro atoms. The molecule has 0 aliphatic heterocycles. The van der Waals surface area contributed by atoms with Gasteiger partial charge in [0.2, 0.25) is 0 Å². The van der Waals surface area contributed by atoms with Gasteiger partial charge in [-0.15, -0.1) is 0 Å². The molecule has 2 N–H and O–H groups in total. The molecule has 0 bridgehead atoms. The first kappa shape index (κ1) is 17.9. The molecule has 3 unspecified atom stereocenters. The summed E-state index contributed by atoms with van der Waals surface area (Å²) in [7, 11) is 0. The molecular formula is C16H34O2. The second-order valence-corrected chi connectivity index (χ2v) is 6.05. The minimum atomic E-state index is -0.0744. The summed E-state index contributed by atoms with van der Waals surface area (Å²) in [6.45, 7) is 6.90.